The Balaban J connectivity index is 2.08. The molecule has 2 rings (SSSR count). The molecule has 1 aliphatic carbocycles. The second kappa shape index (κ2) is 5.57. The molecule has 1 saturated carbocycles. The van der Waals surface area contributed by atoms with Crippen molar-refractivity contribution in [3.8, 4) is 0 Å². The highest BCUT2D eigenvalue weighted by molar-refractivity contribution is 5.62. The van der Waals surface area contributed by atoms with Crippen LogP contribution >= 0.6 is 0 Å². The van der Waals surface area contributed by atoms with Crippen LogP contribution in [0.3, 0.4) is 0 Å². The van der Waals surface area contributed by atoms with Crippen molar-refractivity contribution < 1.29 is 10.0 Å². The molecule has 0 atom stereocenters. The van der Waals surface area contributed by atoms with Crippen LogP contribution in [0.4, 0.5) is 11.4 Å². The number of nitro groups is 1. The molecule has 0 amide bonds. The second-order valence-electron chi connectivity index (χ2n) is 5.42. The highest BCUT2D eigenvalue weighted by atomic mass is 16.6. The zero-order chi connectivity index (χ0) is 13.9. The molecule has 2 N–H and O–H groups in total. The van der Waals surface area contributed by atoms with Crippen molar-refractivity contribution in [2.24, 2.45) is 0 Å². The van der Waals surface area contributed by atoms with Gasteiger partial charge in [0.1, 0.15) is 5.69 Å². The second-order valence-corrected chi connectivity index (χ2v) is 5.42. The van der Waals surface area contributed by atoms with Crippen molar-refractivity contribution >= 4 is 11.4 Å². The van der Waals surface area contributed by atoms with Crippen LogP contribution in [-0.2, 0) is 0 Å². The first kappa shape index (κ1) is 13.8. The first-order chi connectivity index (χ1) is 9.00. The van der Waals surface area contributed by atoms with Gasteiger partial charge < -0.3 is 10.4 Å². The van der Waals surface area contributed by atoms with E-state index in [4.69, 9.17) is 0 Å². The number of nitrogens with zero attached hydrogens (tertiary/aromatic N) is 1. The molecule has 0 spiro atoms. The zero-order valence-electron chi connectivity index (χ0n) is 11.2. The SMILES string of the molecule is Cc1ccc(NCC2(O)CCCCC2)c([N+](=O)[O-])c1. The fourth-order valence-corrected chi connectivity index (χ4v) is 2.59. The van der Waals surface area contributed by atoms with Gasteiger partial charge in [0.05, 0.1) is 10.5 Å². The summed E-state index contributed by atoms with van der Waals surface area (Å²) in [5.74, 6) is 0. The van der Waals surface area contributed by atoms with Crippen LogP contribution < -0.4 is 5.32 Å². The number of anilines is 1. The molecule has 0 radical (unpaired) electrons. The maximum Gasteiger partial charge on any atom is 0.292 e. The maximum absolute atomic E-state index is 11.0. The van der Waals surface area contributed by atoms with E-state index in [9.17, 15) is 15.2 Å². The monoisotopic (exact) mass is 264 g/mol. The Morgan fingerprint density at radius 3 is 2.68 bits per heavy atom. The molecule has 0 heterocycles. The van der Waals surface area contributed by atoms with E-state index in [-0.39, 0.29) is 10.6 Å². The van der Waals surface area contributed by atoms with E-state index in [1.807, 2.05) is 13.0 Å². The van der Waals surface area contributed by atoms with E-state index >= 15 is 0 Å². The Labute approximate surface area is 112 Å². The summed E-state index contributed by atoms with van der Waals surface area (Å²) < 4.78 is 0. The van der Waals surface area contributed by atoms with E-state index in [0.29, 0.717) is 12.2 Å². The predicted octanol–water partition coefficient (Wildman–Crippen LogP) is 3.01. The topological polar surface area (TPSA) is 75.4 Å². The van der Waals surface area contributed by atoms with Crippen LogP contribution in [0.15, 0.2) is 18.2 Å². The summed E-state index contributed by atoms with van der Waals surface area (Å²) in [6, 6.07) is 5.09. The highest BCUT2D eigenvalue weighted by Gasteiger charge is 2.29. The Hall–Kier alpha value is -1.62. The van der Waals surface area contributed by atoms with Gasteiger partial charge in [-0.2, -0.15) is 0 Å². The molecule has 1 aliphatic rings. The largest absolute Gasteiger partial charge is 0.388 e. The normalized spacial score (nSPS) is 18.0. The average molecular weight is 264 g/mol. The number of nitrogens with one attached hydrogen (secondary N) is 1. The molecular formula is C14H20N2O3. The van der Waals surface area contributed by atoms with Crippen LogP contribution in [-0.4, -0.2) is 22.2 Å². The summed E-state index contributed by atoms with van der Waals surface area (Å²) in [5, 5.41) is 24.4. The van der Waals surface area contributed by atoms with Crippen LogP contribution in [0.2, 0.25) is 0 Å². The van der Waals surface area contributed by atoms with Crippen LogP contribution in [0.1, 0.15) is 37.7 Å². The minimum atomic E-state index is -0.725. The summed E-state index contributed by atoms with van der Waals surface area (Å²) in [6.07, 6.45) is 4.73. The maximum atomic E-state index is 11.0. The van der Waals surface area contributed by atoms with Gasteiger partial charge in [-0.05, 0) is 31.4 Å². The summed E-state index contributed by atoms with van der Waals surface area (Å²) >= 11 is 0. The summed E-state index contributed by atoms with van der Waals surface area (Å²) in [6.45, 7) is 2.20. The third-order valence-electron chi connectivity index (χ3n) is 3.74. The molecule has 0 bridgehead atoms. The lowest BCUT2D eigenvalue weighted by atomic mass is 9.85. The first-order valence-corrected chi connectivity index (χ1v) is 6.71. The number of hydrogen-bond donors (Lipinski definition) is 2. The van der Waals surface area contributed by atoms with Crippen LogP contribution in [0, 0.1) is 17.0 Å². The van der Waals surface area contributed by atoms with Crippen LogP contribution in [0.25, 0.3) is 0 Å². The minimum absolute atomic E-state index is 0.0689. The van der Waals surface area contributed by atoms with Gasteiger partial charge in [-0.25, -0.2) is 0 Å². The molecule has 5 nitrogen and oxygen atoms in total. The summed E-state index contributed by atoms with van der Waals surface area (Å²) in [4.78, 5) is 10.6. The quantitative estimate of drug-likeness (QED) is 0.647. The Morgan fingerprint density at radius 2 is 2.05 bits per heavy atom. The van der Waals surface area contributed by atoms with Gasteiger partial charge in [-0.15, -0.1) is 0 Å². The van der Waals surface area contributed by atoms with E-state index in [1.54, 1.807) is 12.1 Å². The van der Waals surface area contributed by atoms with Crippen LogP contribution in [0.5, 0.6) is 0 Å². The Kier molecular flexibility index (Phi) is 4.04. The number of hydrogen-bond acceptors (Lipinski definition) is 4. The van der Waals surface area contributed by atoms with Gasteiger partial charge in [0.25, 0.3) is 5.69 Å². The van der Waals surface area contributed by atoms with Gasteiger partial charge in [0, 0.05) is 12.6 Å². The van der Waals surface area contributed by atoms with E-state index in [0.717, 1.165) is 37.7 Å². The molecule has 0 aliphatic heterocycles. The molecule has 104 valence electrons. The lowest BCUT2D eigenvalue weighted by molar-refractivity contribution is -0.384. The molecular weight excluding hydrogens is 244 g/mol. The molecule has 1 aromatic rings. The molecule has 1 aromatic carbocycles. The van der Waals surface area contributed by atoms with E-state index in [2.05, 4.69) is 5.32 Å². The Bertz CT molecular complexity index is 468. The third-order valence-corrected chi connectivity index (χ3v) is 3.74. The van der Waals surface area contributed by atoms with Gasteiger partial charge in [0.2, 0.25) is 0 Å². The first-order valence-electron chi connectivity index (χ1n) is 6.71. The standard InChI is InChI=1S/C14H20N2O3/c1-11-5-6-12(13(9-11)16(18)19)15-10-14(17)7-3-2-4-8-14/h5-6,9,15,17H,2-4,7-8,10H2,1H3. The van der Waals surface area contributed by atoms with Gasteiger partial charge >= 0.3 is 0 Å². The lowest BCUT2D eigenvalue weighted by Gasteiger charge is -2.32. The zero-order valence-corrected chi connectivity index (χ0v) is 11.2. The lowest BCUT2D eigenvalue weighted by Crippen LogP contribution is -2.38. The van der Waals surface area contributed by atoms with E-state index in [1.165, 1.54) is 0 Å². The molecule has 0 aromatic heterocycles. The molecule has 1 fully saturated rings. The van der Waals surface area contributed by atoms with Gasteiger partial charge in [-0.1, -0.05) is 25.3 Å². The van der Waals surface area contributed by atoms with E-state index < -0.39 is 5.60 Å². The smallest absolute Gasteiger partial charge is 0.292 e. The highest BCUT2D eigenvalue weighted by Crippen LogP contribution is 2.30. The average Bonchev–Trinajstić information content (AvgIpc) is 2.38. The number of nitro benzene ring substituents is 1. The fourth-order valence-electron chi connectivity index (χ4n) is 2.59. The Morgan fingerprint density at radius 1 is 1.37 bits per heavy atom. The van der Waals surface area contributed by atoms with Crippen molar-refractivity contribution in [1.82, 2.24) is 0 Å². The number of benzene rings is 1. The molecule has 0 unspecified atom stereocenters. The van der Waals surface area contributed by atoms with Crippen molar-refractivity contribution in [1.29, 1.82) is 0 Å². The predicted molar refractivity (Wildman–Crippen MR) is 74.4 cm³/mol. The minimum Gasteiger partial charge on any atom is -0.388 e. The number of aliphatic hydroxyl groups is 1. The molecule has 5 heteroatoms. The van der Waals surface area contributed by atoms with Crippen molar-refractivity contribution in [3.05, 3.63) is 33.9 Å². The third kappa shape index (κ3) is 3.44. The number of rotatable bonds is 4. The molecule has 19 heavy (non-hydrogen) atoms. The van der Waals surface area contributed by atoms with Crippen molar-refractivity contribution in [2.75, 3.05) is 11.9 Å². The summed E-state index contributed by atoms with van der Waals surface area (Å²) in [5.41, 5.74) is 0.680. The van der Waals surface area contributed by atoms with Crippen molar-refractivity contribution in [3.63, 3.8) is 0 Å². The van der Waals surface area contributed by atoms with Crippen molar-refractivity contribution in [2.45, 2.75) is 44.6 Å². The number of aryl methyl sites for hydroxylation is 1. The summed E-state index contributed by atoms with van der Waals surface area (Å²) in [7, 11) is 0. The van der Waals surface area contributed by atoms with Gasteiger partial charge in [-0.3, -0.25) is 10.1 Å². The molecule has 0 saturated heterocycles. The van der Waals surface area contributed by atoms with Gasteiger partial charge in [0.15, 0.2) is 0 Å². The fraction of sp³-hybridized carbons (Fsp3) is 0.571.